The molecule has 18 nitrogen and oxygen atoms in total. The van der Waals surface area contributed by atoms with Crippen molar-refractivity contribution in [1.29, 1.82) is 0 Å². The molecule has 0 unspecified atom stereocenters. The number of Topliss-reactive ketones (excluding diaryl/α,β-unsaturated/α-hetero) is 1. The van der Waals surface area contributed by atoms with Crippen molar-refractivity contribution in [3.05, 3.63) is 85.6 Å². The minimum Gasteiger partial charge on any atom is -0.507 e. The van der Waals surface area contributed by atoms with Crippen molar-refractivity contribution in [2.45, 2.75) is 89.1 Å². The van der Waals surface area contributed by atoms with Crippen LogP contribution < -0.4 is 19.5 Å². The molecule has 5 N–H and O–H groups in total. The Morgan fingerprint density at radius 3 is 2.56 bits per heavy atom. The maximum Gasteiger partial charge on any atom is 0.242 e. The number of benzene rings is 3. The second-order valence-corrected chi connectivity index (χ2v) is 15.7. The average Bonchev–Trinajstić information content (AvgIpc) is 3.85. The number of phenolic OH excluding ortho intramolecular Hbond substituents is 2. The molecule has 59 heavy (non-hydrogen) atoms. The number of nitrogens with zero attached hydrogens (tertiary/aromatic N) is 3. The van der Waals surface area contributed by atoms with Crippen molar-refractivity contribution in [3.8, 4) is 28.7 Å². The van der Waals surface area contributed by atoms with Crippen LogP contribution >= 0.6 is 15.9 Å². The molecule has 0 saturated carbocycles. The maximum atomic E-state index is 14.0. The first-order valence-electron chi connectivity index (χ1n) is 18.6. The van der Waals surface area contributed by atoms with Gasteiger partial charge in [0.15, 0.2) is 29.4 Å². The van der Waals surface area contributed by atoms with Crippen molar-refractivity contribution in [2.75, 3.05) is 13.9 Å². The van der Waals surface area contributed by atoms with Crippen LogP contribution in [0.5, 0.6) is 28.7 Å². The van der Waals surface area contributed by atoms with Gasteiger partial charge in [0.1, 0.15) is 41.2 Å². The second kappa shape index (κ2) is 15.6. The molecule has 0 spiro atoms. The third kappa shape index (κ3) is 7.31. The van der Waals surface area contributed by atoms with E-state index in [0.29, 0.717) is 17.2 Å². The molecule has 1 amide bonds. The minimum absolute atomic E-state index is 0.0567. The van der Waals surface area contributed by atoms with Gasteiger partial charge >= 0.3 is 0 Å². The molecular weight excluding hydrogens is 840 g/mol. The Bertz CT molecular complexity index is 2400. The number of fused-ring (bicyclic) bond motifs is 4. The normalized spacial score (nSPS) is 24.3. The number of halogens is 1. The molecule has 0 radical (unpaired) electrons. The lowest BCUT2D eigenvalue weighted by atomic mass is 9.72. The molecule has 2 aliphatic carbocycles. The van der Waals surface area contributed by atoms with E-state index in [9.17, 15) is 39.6 Å². The highest BCUT2D eigenvalue weighted by Gasteiger charge is 2.49. The van der Waals surface area contributed by atoms with Gasteiger partial charge in [-0.15, -0.1) is 5.10 Å². The van der Waals surface area contributed by atoms with E-state index in [0.717, 1.165) is 17.0 Å². The van der Waals surface area contributed by atoms with E-state index < -0.39 is 95.0 Å². The standard InChI is InChI=1S/C40H39BrN4O14/c1-17-35(48)24(42-29(47)13-45-12-20(43-44-45)15-55-14-19-7-26-27(8-23(19)41)57-16-56-26)9-30(58-17)59-28-11-40(53,18(2)46)10-22-32(28)39(52)34-33(37(22)50)36(49)21-5-4-6-25(54-3)31(21)38(34)51/h4-8,12,17,24,28,30,35,48,50,52-53H,9-11,13-16H2,1-3H3,(H,42,47)/t17-,24-,28-,30-,35+,40-/m0/s1. The van der Waals surface area contributed by atoms with Crippen LogP contribution in [-0.4, -0.2) is 103 Å². The third-order valence-electron chi connectivity index (χ3n) is 11.0. The highest BCUT2D eigenvalue weighted by atomic mass is 79.9. The number of amides is 1. The van der Waals surface area contributed by atoms with E-state index in [1.165, 1.54) is 30.0 Å². The Labute approximate surface area is 344 Å². The number of aliphatic hydroxyl groups is 2. The minimum atomic E-state index is -2.11. The fourth-order valence-electron chi connectivity index (χ4n) is 7.98. The lowest BCUT2D eigenvalue weighted by molar-refractivity contribution is -0.249. The van der Waals surface area contributed by atoms with Crippen LogP contribution in [0.25, 0.3) is 0 Å². The van der Waals surface area contributed by atoms with E-state index >= 15 is 0 Å². The number of phenols is 2. The first-order valence-corrected chi connectivity index (χ1v) is 19.4. The number of ketones is 3. The first-order chi connectivity index (χ1) is 28.2. The molecule has 2 aliphatic heterocycles. The van der Waals surface area contributed by atoms with Gasteiger partial charge in [-0.05, 0) is 37.6 Å². The largest absolute Gasteiger partial charge is 0.507 e. The maximum absolute atomic E-state index is 14.0. The Kier molecular flexibility index (Phi) is 10.7. The van der Waals surface area contributed by atoms with Gasteiger partial charge in [-0.3, -0.25) is 19.2 Å². The summed E-state index contributed by atoms with van der Waals surface area (Å²) in [6.07, 6.45) is -4.18. The van der Waals surface area contributed by atoms with Gasteiger partial charge in [-0.1, -0.05) is 33.3 Å². The topological polar surface area (TPSA) is 247 Å². The molecule has 8 rings (SSSR count). The van der Waals surface area contributed by atoms with Crippen LogP contribution in [0.1, 0.15) is 87.0 Å². The van der Waals surface area contributed by atoms with E-state index in [4.69, 9.17) is 28.4 Å². The van der Waals surface area contributed by atoms with E-state index in [1.807, 2.05) is 6.07 Å². The van der Waals surface area contributed by atoms with Crippen LogP contribution in [0.4, 0.5) is 0 Å². The molecule has 19 heteroatoms. The lowest BCUT2D eigenvalue weighted by Gasteiger charge is -2.42. The fraction of sp³-hybridized carbons (Fsp3) is 0.400. The van der Waals surface area contributed by atoms with E-state index in [2.05, 4.69) is 31.6 Å². The third-order valence-corrected chi connectivity index (χ3v) is 11.8. The zero-order chi connectivity index (χ0) is 41.9. The fourth-order valence-corrected chi connectivity index (χ4v) is 8.42. The Hall–Kier alpha value is -5.44. The zero-order valence-corrected chi connectivity index (χ0v) is 33.5. The number of nitrogens with one attached hydrogen (secondary N) is 1. The van der Waals surface area contributed by atoms with Crippen molar-refractivity contribution in [3.63, 3.8) is 0 Å². The number of aliphatic hydroxyl groups excluding tert-OH is 1. The zero-order valence-electron chi connectivity index (χ0n) is 31.9. The van der Waals surface area contributed by atoms with Crippen LogP contribution in [0, 0.1) is 0 Å². The second-order valence-electron chi connectivity index (χ2n) is 14.8. The number of aromatic nitrogens is 3. The Balaban J connectivity index is 0.975. The highest BCUT2D eigenvalue weighted by molar-refractivity contribution is 9.10. The highest BCUT2D eigenvalue weighted by Crippen LogP contribution is 2.52. The molecule has 1 aromatic heterocycles. The predicted molar refractivity (Wildman–Crippen MR) is 203 cm³/mol. The summed E-state index contributed by atoms with van der Waals surface area (Å²) >= 11 is 3.50. The van der Waals surface area contributed by atoms with Crippen LogP contribution in [0.3, 0.4) is 0 Å². The van der Waals surface area contributed by atoms with Gasteiger partial charge in [0.2, 0.25) is 18.5 Å². The summed E-state index contributed by atoms with van der Waals surface area (Å²) in [6, 6.07) is 7.08. The number of carbonyl (C=O) groups excluding carboxylic acids is 4. The molecular formula is C40H39BrN4O14. The number of hydrogen-bond acceptors (Lipinski definition) is 16. The summed E-state index contributed by atoms with van der Waals surface area (Å²) in [5, 5.41) is 56.9. The summed E-state index contributed by atoms with van der Waals surface area (Å²) in [5.74, 6) is -2.78. The molecule has 3 heterocycles. The number of rotatable bonds is 11. The van der Waals surface area contributed by atoms with Gasteiger partial charge in [0, 0.05) is 40.4 Å². The van der Waals surface area contributed by atoms with Gasteiger partial charge < -0.3 is 54.2 Å². The van der Waals surface area contributed by atoms with Crippen molar-refractivity contribution < 1.29 is 68.0 Å². The van der Waals surface area contributed by atoms with E-state index in [-0.39, 0.29) is 61.0 Å². The monoisotopic (exact) mass is 878 g/mol. The number of methoxy groups -OCH3 is 1. The van der Waals surface area contributed by atoms with Crippen molar-refractivity contribution >= 4 is 39.2 Å². The smallest absolute Gasteiger partial charge is 0.242 e. The quantitative estimate of drug-likeness (QED) is 0.120. The van der Waals surface area contributed by atoms with Gasteiger partial charge in [0.05, 0.1) is 61.5 Å². The SMILES string of the molecule is COc1cccc2c1C(=O)c1c(O)c3c(c(O)c1C2=O)C[C@@](O)(C(C)=O)C[C@@H]3O[C@H]1C[C@H](NC(=O)Cn2cc(COCc3cc4c(cc3Br)OCO4)nn2)[C@H](O)[C@H](C)O1. The molecule has 4 aromatic rings. The predicted octanol–water partition coefficient (Wildman–Crippen LogP) is 2.69. The van der Waals surface area contributed by atoms with Gasteiger partial charge in [0.25, 0.3) is 0 Å². The lowest BCUT2D eigenvalue weighted by Crippen LogP contribution is -2.56. The molecule has 4 aliphatic rings. The first kappa shape index (κ1) is 40.3. The summed E-state index contributed by atoms with van der Waals surface area (Å²) in [6.45, 7) is 2.93. The summed E-state index contributed by atoms with van der Waals surface area (Å²) < 4.78 is 36.3. The van der Waals surface area contributed by atoms with Crippen LogP contribution in [0.15, 0.2) is 41.0 Å². The van der Waals surface area contributed by atoms with Gasteiger partial charge in [-0.2, -0.15) is 0 Å². The van der Waals surface area contributed by atoms with Crippen molar-refractivity contribution in [1.82, 2.24) is 20.3 Å². The van der Waals surface area contributed by atoms with Crippen LogP contribution in [0.2, 0.25) is 0 Å². The molecule has 0 bridgehead atoms. The van der Waals surface area contributed by atoms with E-state index in [1.54, 1.807) is 19.2 Å². The average molecular weight is 880 g/mol. The number of ether oxygens (including phenoxy) is 6. The molecule has 6 atom stereocenters. The number of hydrogen-bond donors (Lipinski definition) is 5. The molecule has 3 aromatic carbocycles. The van der Waals surface area contributed by atoms with Crippen LogP contribution in [-0.2, 0) is 50.0 Å². The summed E-state index contributed by atoms with van der Waals surface area (Å²) in [7, 11) is 1.32. The molecule has 1 saturated heterocycles. The molecule has 310 valence electrons. The number of carbonyl (C=O) groups is 4. The summed E-state index contributed by atoms with van der Waals surface area (Å²) in [5.41, 5.74) is -2.21. The van der Waals surface area contributed by atoms with Gasteiger partial charge in [-0.25, -0.2) is 4.68 Å². The number of aromatic hydroxyl groups is 2. The summed E-state index contributed by atoms with van der Waals surface area (Å²) in [4.78, 5) is 53.8. The Morgan fingerprint density at radius 2 is 1.81 bits per heavy atom. The Morgan fingerprint density at radius 1 is 1.07 bits per heavy atom. The van der Waals surface area contributed by atoms with Crippen molar-refractivity contribution in [2.24, 2.45) is 0 Å². The molecule has 1 fully saturated rings.